The van der Waals surface area contributed by atoms with Gasteiger partial charge in [0.1, 0.15) is 5.82 Å². The van der Waals surface area contributed by atoms with Gasteiger partial charge in [0.25, 0.3) is 0 Å². The molecule has 0 saturated heterocycles. The van der Waals surface area contributed by atoms with Crippen LogP contribution in [-0.4, -0.2) is 43.2 Å². The van der Waals surface area contributed by atoms with Crippen molar-refractivity contribution in [2.24, 2.45) is 0 Å². The number of methoxy groups -OCH3 is 1. The van der Waals surface area contributed by atoms with Gasteiger partial charge in [-0.2, -0.15) is 0 Å². The Balaban J connectivity index is 2.29. The Kier molecular flexibility index (Phi) is 7.08. The lowest BCUT2D eigenvalue weighted by atomic mass is 10.3. The molecule has 0 radical (unpaired) electrons. The minimum atomic E-state index is -0.342. The molecule has 110 valence electrons. The van der Waals surface area contributed by atoms with Crippen molar-refractivity contribution >= 4 is 23.6 Å². The maximum Gasteiger partial charge on any atom is 0.307 e. The van der Waals surface area contributed by atoms with Crippen LogP contribution in [0.3, 0.4) is 0 Å². The molecule has 0 N–H and O–H groups in total. The minimum Gasteiger partial charge on any atom is -0.469 e. The summed E-state index contributed by atoms with van der Waals surface area (Å²) in [6.45, 7) is 0.329. The van der Waals surface area contributed by atoms with Gasteiger partial charge in [-0.3, -0.25) is 9.59 Å². The van der Waals surface area contributed by atoms with Crippen LogP contribution in [0.4, 0.5) is 4.39 Å². The average Bonchev–Trinajstić information content (AvgIpc) is 2.46. The summed E-state index contributed by atoms with van der Waals surface area (Å²) in [6, 6.07) is 6.47. The number of benzene rings is 1. The molecule has 0 fully saturated rings. The molecular weight excluding hydrogens is 281 g/mol. The minimum absolute atomic E-state index is 0.0715. The second-order valence-corrected chi connectivity index (χ2v) is 5.31. The third-order valence-electron chi connectivity index (χ3n) is 2.71. The van der Waals surface area contributed by atoms with Crippen LogP contribution in [0.1, 0.15) is 12.8 Å². The van der Waals surface area contributed by atoms with E-state index < -0.39 is 0 Å². The monoisotopic (exact) mass is 299 g/mol. The second kappa shape index (κ2) is 8.58. The van der Waals surface area contributed by atoms with Gasteiger partial charge in [-0.05, 0) is 12.1 Å². The van der Waals surface area contributed by atoms with E-state index in [9.17, 15) is 14.0 Å². The fourth-order valence-corrected chi connectivity index (χ4v) is 2.36. The Labute approximate surface area is 122 Å². The molecule has 1 amide bonds. The fourth-order valence-electron chi connectivity index (χ4n) is 1.49. The SMILES string of the molecule is COC(=O)CCN(C)C(=O)CCSc1ccccc1F. The van der Waals surface area contributed by atoms with Gasteiger partial charge in [-0.1, -0.05) is 12.1 Å². The highest BCUT2D eigenvalue weighted by Crippen LogP contribution is 2.21. The molecule has 0 heterocycles. The number of carbonyl (C=O) groups is 2. The molecule has 20 heavy (non-hydrogen) atoms. The summed E-state index contributed by atoms with van der Waals surface area (Å²) in [5.74, 6) is -0.186. The van der Waals surface area contributed by atoms with E-state index in [1.165, 1.54) is 29.8 Å². The van der Waals surface area contributed by atoms with E-state index >= 15 is 0 Å². The van der Waals surface area contributed by atoms with Crippen LogP contribution >= 0.6 is 11.8 Å². The van der Waals surface area contributed by atoms with Crippen LogP contribution in [0.25, 0.3) is 0 Å². The van der Waals surface area contributed by atoms with Crippen molar-refractivity contribution in [3.05, 3.63) is 30.1 Å². The molecule has 0 aliphatic rings. The Morgan fingerprint density at radius 3 is 2.65 bits per heavy atom. The van der Waals surface area contributed by atoms with Crippen LogP contribution in [0.2, 0.25) is 0 Å². The van der Waals surface area contributed by atoms with Crippen LogP contribution < -0.4 is 0 Å². The molecule has 0 unspecified atom stereocenters. The number of rotatable bonds is 7. The lowest BCUT2D eigenvalue weighted by Crippen LogP contribution is -2.29. The van der Waals surface area contributed by atoms with Gasteiger partial charge in [0, 0.05) is 30.7 Å². The predicted molar refractivity (Wildman–Crippen MR) is 76.0 cm³/mol. The summed E-state index contributed by atoms with van der Waals surface area (Å²) in [4.78, 5) is 24.8. The van der Waals surface area contributed by atoms with Crippen molar-refractivity contribution in [2.45, 2.75) is 17.7 Å². The van der Waals surface area contributed by atoms with Crippen LogP contribution in [0.5, 0.6) is 0 Å². The number of hydrogen-bond donors (Lipinski definition) is 0. The van der Waals surface area contributed by atoms with Crippen LogP contribution in [0, 0.1) is 5.82 Å². The quantitative estimate of drug-likeness (QED) is 0.572. The van der Waals surface area contributed by atoms with Crippen molar-refractivity contribution in [3.8, 4) is 0 Å². The molecule has 1 aromatic rings. The highest BCUT2D eigenvalue weighted by molar-refractivity contribution is 7.99. The molecule has 0 bridgehead atoms. The van der Waals surface area contributed by atoms with E-state index in [0.29, 0.717) is 23.6 Å². The molecular formula is C14H18FNO3S. The van der Waals surface area contributed by atoms with E-state index in [2.05, 4.69) is 4.74 Å². The van der Waals surface area contributed by atoms with Gasteiger partial charge >= 0.3 is 5.97 Å². The van der Waals surface area contributed by atoms with E-state index in [4.69, 9.17) is 0 Å². The zero-order chi connectivity index (χ0) is 15.0. The Morgan fingerprint density at radius 1 is 1.30 bits per heavy atom. The molecule has 1 aromatic carbocycles. The summed E-state index contributed by atoms with van der Waals surface area (Å²) in [5.41, 5.74) is 0. The highest BCUT2D eigenvalue weighted by Gasteiger charge is 2.11. The molecule has 0 atom stereocenters. The van der Waals surface area contributed by atoms with Gasteiger partial charge in [-0.25, -0.2) is 4.39 Å². The third-order valence-corrected chi connectivity index (χ3v) is 3.77. The molecule has 6 heteroatoms. The van der Waals surface area contributed by atoms with Gasteiger partial charge in [0.2, 0.25) is 5.91 Å². The first kappa shape index (κ1) is 16.5. The van der Waals surface area contributed by atoms with Crippen molar-refractivity contribution in [1.29, 1.82) is 0 Å². The standard InChI is InChI=1S/C14H18FNO3S/c1-16(9-7-14(18)19-2)13(17)8-10-20-12-6-4-3-5-11(12)15/h3-6H,7-10H2,1-2H3. The van der Waals surface area contributed by atoms with E-state index in [1.54, 1.807) is 25.2 Å². The summed E-state index contributed by atoms with van der Waals surface area (Å²) in [5, 5.41) is 0. The van der Waals surface area contributed by atoms with E-state index in [1.807, 2.05) is 0 Å². The molecule has 0 saturated carbocycles. The Morgan fingerprint density at radius 2 is 2.00 bits per heavy atom. The summed E-state index contributed by atoms with van der Waals surface area (Å²) < 4.78 is 17.9. The lowest BCUT2D eigenvalue weighted by Gasteiger charge is -2.16. The van der Waals surface area contributed by atoms with E-state index in [-0.39, 0.29) is 24.1 Å². The number of hydrogen-bond acceptors (Lipinski definition) is 4. The lowest BCUT2D eigenvalue weighted by molar-refractivity contribution is -0.141. The molecule has 1 rings (SSSR count). The maximum absolute atomic E-state index is 13.4. The summed E-state index contributed by atoms with van der Waals surface area (Å²) in [6.07, 6.45) is 0.482. The number of carbonyl (C=O) groups excluding carboxylic acids is 2. The number of nitrogens with zero attached hydrogens (tertiary/aromatic N) is 1. The maximum atomic E-state index is 13.4. The van der Waals surface area contributed by atoms with Crippen LogP contribution in [-0.2, 0) is 14.3 Å². The number of thioether (sulfide) groups is 1. The van der Waals surface area contributed by atoms with Crippen molar-refractivity contribution in [1.82, 2.24) is 4.90 Å². The van der Waals surface area contributed by atoms with Crippen molar-refractivity contribution < 1.29 is 18.7 Å². The van der Waals surface area contributed by atoms with Gasteiger partial charge in [0.05, 0.1) is 13.5 Å². The highest BCUT2D eigenvalue weighted by atomic mass is 32.2. The Bertz CT molecular complexity index is 467. The van der Waals surface area contributed by atoms with E-state index in [0.717, 1.165) is 0 Å². The van der Waals surface area contributed by atoms with Crippen LogP contribution in [0.15, 0.2) is 29.2 Å². The first-order valence-corrected chi connectivity index (χ1v) is 7.21. The third kappa shape index (κ3) is 5.61. The number of ether oxygens (including phenoxy) is 1. The first-order chi connectivity index (χ1) is 9.54. The summed E-state index contributed by atoms with van der Waals surface area (Å²) >= 11 is 1.31. The normalized spacial score (nSPS) is 10.2. The zero-order valence-corrected chi connectivity index (χ0v) is 12.4. The predicted octanol–water partition coefficient (Wildman–Crippen LogP) is 2.33. The van der Waals surface area contributed by atoms with Crippen molar-refractivity contribution in [2.75, 3.05) is 26.5 Å². The number of amides is 1. The number of esters is 1. The molecule has 0 aliphatic carbocycles. The average molecular weight is 299 g/mol. The fraction of sp³-hybridized carbons (Fsp3) is 0.429. The smallest absolute Gasteiger partial charge is 0.307 e. The van der Waals surface area contributed by atoms with Gasteiger partial charge in [-0.15, -0.1) is 11.8 Å². The molecule has 0 aromatic heterocycles. The topological polar surface area (TPSA) is 46.6 Å². The van der Waals surface area contributed by atoms with Crippen molar-refractivity contribution in [3.63, 3.8) is 0 Å². The largest absolute Gasteiger partial charge is 0.469 e. The Hall–Kier alpha value is -1.56. The van der Waals surface area contributed by atoms with Gasteiger partial charge < -0.3 is 9.64 Å². The van der Waals surface area contributed by atoms with Gasteiger partial charge in [0.15, 0.2) is 0 Å². The summed E-state index contributed by atoms with van der Waals surface area (Å²) in [7, 11) is 2.95. The molecule has 0 spiro atoms. The molecule has 0 aliphatic heterocycles. The molecule has 4 nitrogen and oxygen atoms in total. The number of halogens is 1. The zero-order valence-electron chi connectivity index (χ0n) is 11.6. The second-order valence-electron chi connectivity index (χ2n) is 4.17. The first-order valence-electron chi connectivity index (χ1n) is 6.22.